The van der Waals surface area contributed by atoms with Gasteiger partial charge in [0, 0.05) is 32.2 Å². The summed E-state index contributed by atoms with van der Waals surface area (Å²) in [7, 11) is 0. The molecular weight excluding hydrogens is 242 g/mol. The molecule has 19 heavy (non-hydrogen) atoms. The molecule has 1 heterocycles. The quantitative estimate of drug-likeness (QED) is 0.851. The third-order valence-electron chi connectivity index (χ3n) is 3.26. The van der Waals surface area contributed by atoms with Gasteiger partial charge in [-0.2, -0.15) is 0 Å². The number of amides is 3. The van der Waals surface area contributed by atoms with E-state index in [1.165, 1.54) is 5.56 Å². The Balaban J connectivity index is 2.12. The number of carbonyl (C=O) groups excluding carboxylic acids is 2. The molecule has 2 N–H and O–H groups in total. The summed E-state index contributed by atoms with van der Waals surface area (Å²) in [4.78, 5) is 24.7. The number of fused-ring (bicyclic) bond motifs is 1. The van der Waals surface area contributed by atoms with Gasteiger partial charge in [0.1, 0.15) is 0 Å². The minimum atomic E-state index is -0.207. The molecule has 5 nitrogen and oxygen atoms in total. The molecule has 0 unspecified atom stereocenters. The number of rotatable bonds is 2. The van der Waals surface area contributed by atoms with Crippen molar-refractivity contribution in [1.29, 1.82) is 0 Å². The summed E-state index contributed by atoms with van der Waals surface area (Å²) in [5.74, 6) is 0.0905. The van der Waals surface area contributed by atoms with Gasteiger partial charge >= 0.3 is 6.03 Å². The van der Waals surface area contributed by atoms with E-state index in [1.54, 1.807) is 6.92 Å². The van der Waals surface area contributed by atoms with Crippen LogP contribution in [0, 0.1) is 0 Å². The van der Waals surface area contributed by atoms with Crippen LogP contribution in [0.2, 0.25) is 0 Å². The van der Waals surface area contributed by atoms with E-state index in [0.29, 0.717) is 13.1 Å². The Morgan fingerprint density at radius 3 is 2.79 bits per heavy atom. The van der Waals surface area contributed by atoms with Gasteiger partial charge in [0.25, 0.3) is 0 Å². The smallest absolute Gasteiger partial charge is 0.319 e. The van der Waals surface area contributed by atoms with Crippen LogP contribution in [0.15, 0.2) is 18.2 Å². The SMILES string of the molecule is CCNC(=O)Nc1ccc2c(c1)CN(C(C)=O)CC2. The number of anilines is 1. The molecule has 2 rings (SSSR count). The summed E-state index contributed by atoms with van der Waals surface area (Å²) < 4.78 is 0. The maximum Gasteiger partial charge on any atom is 0.319 e. The molecule has 5 heteroatoms. The monoisotopic (exact) mass is 261 g/mol. The lowest BCUT2D eigenvalue weighted by atomic mass is 9.99. The number of urea groups is 1. The second kappa shape index (κ2) is 5.73. The van der Waals surface area contributed by atoms with Crippen molar-refractivity contribution in [2.24, 2.45) is 0 Å². The van der Waals surface area contributed by atoms with E-state index < -0.39 is 0 Å². The molecule has 0 aromatic heterocycles. The highest BCUT2D eigenvalue weighted by atomic mass is 16.2. The zero-order valence-electron chi connectivity index (χ0n) is 11.3. The number of hydrogen-bond acceptors (Lipinski definition) is 2. The van der Waals surface area contributed by atoms with Gasteiger partial charge in [-0.1, -0.05) is 6.07 Å². The zero-order valence-corrected chi connectivity index (χ0v) is 11.3. The van der Waals surface area contributed by atoms with Crippen LogP contribution in [-0.4, -0.2) is 29.9 Å². The van der Waals surface area contributed by atoms with Crippen LogP contribution >= 0.6 is 0 Å². The second-order valence-corrected chi connectivity index (χ2v) is 4.66. The first-order chi connectivity index (χ1) is 9.10. The topological polar surface area (TPSA) is 61.4 Å². The maximum absolute atomic E-state index is 11.5. The van der Waals surface area contributed by atoms with Crippen LogP contribution in [-0.2, 0) is 17.8 Å². The standard InChI is InChI=1S/C14H19N3O2/c1-3-15-14(19)16-13-5-4-11-6-7-17(10(2)18)9-12(11)8-13/h4-5,8H,3,6-7,9H2,1-2H3,(H2,15,16,19). The largest absolute Gasteiger partial charge is 0.338 e. The number of hydrogen-bond donors (Lipinski definition) is 2. The molecule has 3 amide bonds. The molecule has 0 aliphatic carbocycles. The molecule has 0 fully saturated rings. The maximum atomic E-state index is 11.5. The highest BCUT2D eigenvalue weighted by Gasteiger charge is 2.18. The van der Waals surface area contributed by atoms with E-state index in [9.17, 15) is 9.59 Å². The van der Waals surface area contributed by atoms with Crippen molar-refractivity contribution < 1.29 is 9.59 Å². The first-order valence-corrected chi connectivity index (χ1v) is 6.52. The minimum Gasteiger partial charge on any atom is -0.338 e. The average molecular weight is 261 g/mol. The highest BCUT2D eigenvalue weighted by Crippen LogP contribution is 2.22. The van der Waals surface area contributed by atoms with E-state index >= 15 is 0 Å². The summed E-state index contributed by atoms with van der Waals surface area (Å²) >= 11 is 0. The van der Waals surface area contributed by atoms with Crippen molar-refractivity contribution >= 4 is 17.6 Å². The summed E-state index contributed by atoms with van der Waals surface area (Å²) in [5, 5.41) is 5.47. The van der Waals surface area contributed by atoms with Gasteiger partial charge in [0.15, 0.2) is 0 Å². The fourth-order valence-electron chi connectivity index (χ4n) is 2.24. The van der Waals surface area contributed by atoms with Crippen molar-refractivity contribution in [3.63, 3.8) is 0 Å². The lowest BCUT2D eigenvalue weighted by Crippen LogP contribution is -2.34. The van der Waals surface area contributed by atoms with E-state index in [2.05, 4.69) is 10.6 Å². The molecule has 0 spiro atoms. The normalized spacial score (nSPS) is 13.7. The predicted octanol–water partition coefficient (Wildman–Crippen LogP) is 1.73. The van der Waals surface area contributed by atoms with E-state index in [1.807, 2.05) is 30.0 Å². The molecular formula is C14H19N3O2. The molecule has 1 aromatic carbocycles. The Hall–Kier alpha value is -2.04. The molecule has 0 radical (unpaired) electrons. The van der Waals surface area contributed by atoms with Gasteiger partial charge in [0.05, 0.1) is 0 Å². The lowest BCUT2D eigenvalue weighted by molar-refractivity contribution is -0.129. The number of carbonyl (C=O) groups is 2. The van der Waals surface area contributed by atoms with Crippen molar-refractivity contribution in [3.05, 3.63) is 29.3 Å². The highest BCUT2D eigenvalue weighted by molar-refractivity contribution is 5.89. The number of benzene rings is 1. The number of nitrogens with one attached hydrogen (secondary N) is 2. The van der Waals surface area contributed by atoms with Crippen molar-refractivity contribution in [2.75, 3.05) is 18.4 Å². The first-order valence-electron chi connectivity index (χ1n) is 6.52. The van der Waals surface area contributed by atoms with Crippen LogP contribution in [0.5, 0.6) is 0 Å². The minimum absolute atomic E-state index is 0.0905. The Morgan fingerprint density at radius 2 is 2.11 bits per heavy atom. The van der Waals surface area contributed by atoms with Crippen molar-refractivity contribution in [1.82, 2.24) is 10.2 Å². The fourth-order valence-corrected chi connectivity index (χ4v) is 2.24. The van der Waals surface area contributed by atoms with Crippen LogP contribution in [0.4, 0.5) is 10.5 Å². The van der Waals surface area contributed by atoms with Crippen LogP contribution in [0.1, 0.15) is 25.0 Å². The average Bonchev–Trinajstić information content (AvgIpc) is 2.38. The first kappa shape index (κ1) is 13.4. The van der Waals surface area contributed by atoms with E-state index in [0.717, 1.165) is 24.2 Å². The molecule has 0 saturated heterocycles. The van der Waals surface area contributed by atoms with Gasteiger partial charge in [-0.3, -0.25) is 4.79 Å². The molecule has 0 saturated carbocycles. The molecule has 102 valence electrons. The van der Waals surface area contributed by atoms with Crippen LogP contribution in [0.25, 0.3) is 0 Å². The molecule has 0 atom stereocenters. The molecule has 1 aliphatic heterocycles. The molecule has 1 aromatic rings. The predicted molar refractivity (Wildman–Crippen MR) is 73.9 cm³/mol. The van der Waals surface area contributed by atoms with Gasteiger partial charge < -0.3 is 15.5 Å². The fraction of sp³-hybridized carbons (Fsp3) is 0.429. The third-order valence-corrected chi connectivity index (χ3v) is 3.26. The third kappa shape index (κ3) is 3.24. The summed E-state index contributed by atoms with van der Waals surface area (Å²) in [6, 6.07) is 5.66. The summed E-state index contributed by atoms with van der Waals surface area (Å²) in [6.45, 7) is 5.44. The van der Waals surface area contributed by atoms with Crippen molar-refractivity contribution in [3.8, 4) is 0 Å². The van der Waals surface area contributed by atoms with Gasteiger partial charge in [-0.15, -0.1) is 0 Å². The zero-order chi connectivity index (χ0) is 13.8. The van der Waals surface area contributed by atoms with Crippen LogP contribution in [0.3, 0.4) is 0 Å². The molecule has 1 aliphatic rings. The van der Waals surface area contributed by atoms with Crippen molar-refractivity contribution in [2.45, 2.75) is 26.8 Å². The summed E-state index contributed by atoms with van der Waals surface area (Å²) in [6.07, 6.45) is 0.871. The Labute approximate surface area is 113 Å². The Kier molecular flexibility index (Phi) is 4.04. The Bertz CT molecular complexity index is 499. The van der Waals surface area contributed by atoms with Crippen LogP contribution < -0.4 is 10.6 Å². The van der Waals surface area contributed by atoms with E-state index in [4.69, 9.17) is 0 Å². The second-order valence-electron chi connectivity index (χ2n) is 4.66. The van der Waals surface area contributed by atoms with Gasteiger partial charge in [0.2, 0.25) is 5.91 Å². The summed E-state index contributed by atoms with van der Waals surface area (Å²) in [5.41, 5.74) is 3.12. The molecule has 0 bridgehead atoms. The Morgan fingerprint density at radius 1 is 1.32 bits per heavy atom. The van der Waals surface area contributed by atoms with Gasteiger partial charge in [-0.05, 0) is 36.6 Å². The van der Waals surface area contributed by atoms with E-state index in [-0.39, 0.29) is 11.9 Å². The van der Waals surface area contributed by atoms with Gasteiger partial charge in [-0.25, -0.2) is 4.79 Å². The number of nitrogens with zero attached hydrogens (tertiary/aromatic N) is 1. The lowest BCUT2D eigenvalue weighted by Gasteiger charge is -2.28.